The lowest BCUT2D eigenvalue weighted by atomic mass is 10.1. The van der Waals surface area contributed by atoms with Gasteiger partial charge in [0.25, 0.3) is 0 Å². The molecule has 0 atom stereocenters. The molecule has 0 saturated heterocycles. The van der Waals surface area contributed by atoms with Gasteiger partial charge < -0.3 is 9.84 Å². The zero-order chi connectivity index (χ0) is 11.1. The van der Waals surface area contributed by atoms with Crippen LogP contribution >= 0.6 is 15.9 Å². The lowest BCUT2D eigenvalue weighted by Gasteiger charge is -2.08. The van der Waals surface area contributed by atoms with Gasteiger partial charge in [0.15, 0.2) is 0 Å². The second-order valence-corrected chi connectivity index (χ2v) is 3.86. The van der Waals surface area contributed by atoms with E-state index in [1.165, 1.54) is 0 Å². The lowest BCUT2D eigenvalue weighted by molar-refractivity contribution is 0.295. The Morgan fingerprint density at radius 1 is 1.47 bits per heavy atom. The molecular weight excluding hydrogens is 256 g/mol. The molecule has 0 spiro atoms. The van der Waals surface area contributed by atoms with E-state index in [1.807, 2.05) is 18.2 Å². The van der Waals surface area contributed by atoms with Gasteiger partial charge in [0, 0.05) is 11.1 Å². The molecule has 0 amide bonds. The summed E-state index contributed by atoms with van der Waals surface area (Å²) in [4.78, 5) is 0. The molecule has 0 radical (unpaired) electrons. The summed E-state index contributed by atoms with van der Waals surface area (Å²) in [5.41, 5.74) is 0.991. The third kappa shape index (κ3) is 3.94. The molecule has 2 nitrogen and oxygen atoms in total. The second kappa shape index (κ2) is 6.49. The van der Waals surface area contributed by atoms with Gasteiger partial charge in [-0.1, -0.05) is 21.9 Å². The van der Waals surface area contributed by atoms with Gasteiger partial charge in [-0.05, 0) is 37.1 Å². The van der Waals surface area contributed by atoms with Gasteiger partial charge in [0.1, 0.15) is 12.4 Å². The van der Waals surface area contributed by atoms with Crippen LogP contribution in [0.2, 0.25) is 0 Å². The smallest absolute Gasteiger partial charge is 0.149 e. The van der Waals surface area contributed by atoms with E-state index in [0.29, 0.717) is 13.0 Å². The van der Waals surface area contributed by atoms with Crippen molar-refractivity contribution in [2.24, 2.45) is 0 Å². The van der Waals surface area contributed by atoms with E-state index in [1.54, 1.807) is 6.92 Å². The number of ether oxygens (including phenoxy) is 1. The maximum Gasteiger partial charge on any atom is 0.149 e. The third-order valence-corrected chi connectivity index (χ3v) is 2.37. The Labute approximate surface area is 98.4 Å². The number of benzene rings is 1. The van der Waals surface area contributed by atoms with Crippen molar-refractivity contribution in [2.75, 3.05) is 13.2 Å². The monoisotopic (exact) mass is 268 g/mol. The Hall–Kier alpha value is -0.980. The molecule has 0 aliphatic carbocycles. The highest BCUT2D eigenvalue weighted by atomic mass is 79.9. The van der Waals surface area contributed by atoms with E-state index >= 15 is 0 Å². The van der Waals surface area contributed by atoms with Crippen molar-refractivity contribution >= 4 is 15.9 Å². The van der Waals surface area contributed by atoms with Gasteiger partial charge in [0.2, 0.25) is 0 Å². The highest BCUT2D eigenvalue weighted by molar-refractivity contribution is 9.10. The largest absolute Gasteiger partial charge is 0.481 e. The molecule has 80 valence electrons. The Bertz CT molecular complexity index is 377. The van der Waals surface area contributed by atoms with E-state index in [4.69, 9.17) is 9.84 Å². The summed E-state index contributed by atoms with van der Waals surface area (Å²) in [6, 6.07) is 5.74. The Morgan fingerprint density at radius 3 is 2.93 bits per heavy atom. The number of aliphatic hydroxyl groups is 1. The molecular formula is C12H13BrO2. The van der Waals surface area contributed by atoms with E-state index in [-0.39, 0.29) is 6.61 Å². The molecule has 0 fully saturated rings. The molecule has 0 unspecified atom stereocenters. The zero-order valence-electron chi connectivity index (χ0n) is 8.59. The normalized spacial score (nSPS) is 9.27. The van der Waals surface area contributed by atoms with E-state index < -0.39 is 0 Å². The number of hydrogen-bond donors (Lipinski definition) is 1. The van der Waals surface area contributed by atoms with Crippen molar-refractivity contribution in [2.45, 2.75) is 13.3 Å². The second-order valence-electron chi connectivity index (χ2n) is 2.94. The molecule has 1 N–H and O–H groups in total. The van der Waals surface area contributed by atoms with Crippen LogP contribution in [0.3, 0.4) is 0 Å². The molecule has 0 heterocycles. The highest BCUT2D eigenvalue weighted by Gasteiger charge is 2.03. The molecule has 1 rings (SSSR count). The van der Waals surface area contributed by atoms with E-state index in [9.17, 15) is 0 Å². The average molecular weight is 269 g/mol. The Morgan fingerprint density at radius 2 is 2.27 bits per heavy atom. The van der Waals surface area contributed by atoms with Crippen LogP contribution in [0.25, 0.3) is 0 Å². The van der Waals surface area contributed by atoms with Crippen LogP contribution in [0.4, 0.5) is 0 Å². The molecule has 1 aromatic carbocycles. The summed E-state index contributed by atoms with van der Waals surface area (Å²) < 4.78 is 6.47. The number of hydrogen-bond acceptors (Lipinski definition) is 2. The first-order valence-electron chi connectivity index (χ1n) is 4.69. The lowest BCUT2D eigenvalue weighted by Crippen LogP contribution is -2.00. The van der Waals surface area contributed by atoms with Gasteiger partial charge in [-0.25, -0.2) is 0 Å². The predicted octanol–water partition coefficient (Wildman–Crippen LogP) is 2.39. The van der Waals surface area contributed by atoms with Crippen LogP contribution in [0.1, 0.15) is 12.5 Å². The van der Waals surface area contributed by atoms with Crippen molar-refractivity contribution in [3.63, 3.8) is 0 Å². The third-order valence-electron chi connectivity index (χ3n) is 1.88. The quantitative estimate of drug-likeness (QED) is 0.850. The Kier molecular flexibility index (Phi) is 5.23. The van der Waals surface area contributed by atoms with Gasteiger partial charge in [0.05, 0.1) is 0 Å². The van der Waals surface area contributed by atoms with Crippen LogP contribution in [-0.4, -0.2) is 18.3 Å². The summed E-state index contributed by atoms with van der Waals surface area (Å²) in [7, 11) is 0. The van der Waals surface area contributed by atoms with Crippen LogP contribution in [0, 0.1) is 11.8 Å². The minimum absolute atomic E-state index is 0.117. The summed E-state index contributed by atoms with van der Waals surface area (Å²) in [5, 5.41) is 8.91. The molecule has 1 aromatic rings. The predicted molar refractivity (Wildman–Crippen MR) is 63.9 cm³/mol. The summed E-state index contributed by atoms with van der Waals surface area (Å²) in [6.45, 7) is 2.28. The van der Waals surface area contributed by atoms with Crippen molar-refractivity contribution in [1.29, 1.82) is 0 Å². The molecule has 0 saturated carbocycles. The fourth-order valence-corrected chi connectivity index (χ4v) is 1.60. The van der Waals surface area contributed by atoms with Crippen LogP contribution < -0.4 is 4.74 Å². The minimum atomic E-state index is 0.117. The highest BCUT2D eigenvalue weighted by Crippen LogP contribution is 2.23. The first kappa shape index (κ1) is 12.1. The number of aliphatic hydroxyl groups excluding tert-OH is 1. The summed E-state index contributed by atoms with van der Waals surface area (Å²) in [6.07, 6.45) is 0.592. The van der Waals surface area contributed by atoms with Gasteiger partial charge in [-0.3, -0.25) is 0 Å². The Balaban J connectivity index is 2.78. The van der Waals surface area contributed by atoms with E-state index in [0.717, 1.165) is 15.8 Å². The topological polar surface area (TPSA) is 29.5 Å². The first-order chi connectivity index (χ1) is 7.27. The van der Waals surface area contributed by atoms with Crippen molar-refractivity contribution < 1.29 is 9.84 Å². The van der Waals surface area contributed by atoms with Crippen molar-refractivity contribution in [1.82, 2.24) is 0 Å². The molecule has 0 aliphatic rings. The molecule has 3 heteroatoms. The number of halogens is 1. The molecule has 0 bridgehead atoms. The van der Waals surface area contributed by atoms with Gasteiger partial charge >= 0.3 is 0 Å². The first-order valence-corrected chi connectivity index (χ1v) is 5.49. The number of rotatable bonds is 4. The minimum Gasteiger partial charge on any atom is -0.481 e. The maximum atomic E-state index is 8.91. The van der Waals surface area contributed by atoms with Crippen LogP contribution in [0.5, 0.6) is 5.75 Å². The molecule has 15 heavy (non-hydrogen) atoms. The van der Waals surface area contributed by atoms with Crippen molar-refractivity contribution in [3.05, 3.63) is 28.2 Å². The standard InChI is InChI=1S/C12H13BrO2/c1-2-3-8-15-12-5-4-11(13)9-10(12)6-7-14/h4-5,9,14H,6-8H2,1H3. The molecule has 0 aromatic heterocycles. The molecule has 0 aliphatic heterocycles. The zero-order valence-corrected chi connectivity index (χ0v) is 10.2. The van der Waals surface area contributed by atoms with Crippen LogP contribution in [-0.2, 0) is 6.42 Å². The van der Waals surface area contributed by atoms with Crippen LogP contribution in [0.15, 0.2) is 22.7 Å². The maximum absolute atomic E-state index is 8.91. The fourth-order valence-electron chi connectivity index (χ4n) is 1.19. The summed E-state index contributed by atoms with van der Waals surface area (Å²) in [5.74, 6) is 6.39. The average Bonchev–Trinajstić information content (AvgIpc) is 2.22. The SMILES string of the molecule is CC#CCOc1ccc(Br)cc1CCO. The van der Waals surface area contributed by atoms with Gasteiger partial charge in [-0.15, -0.1) is 5.92 Å². The van der Waals surface area contributed by atoms with E-state index in [2.05, 4.69) is 27.8 Å². The van der Waals surface area contributed by atoms with Gasteiger partial charge in [-0.2, -0.15) is 0 Å². The fraction of sp³-hybridized carbons (Fsp3) is 0.333. The summed E-state index contributed by atoms with van der Waals surface area (Å²) >= 11 is 3.38. The van der Waals surface area contributed by atoms with Crippen molar-refractivity contribution in [3.8, 4) is 17.6 Å².